The molecule has 0 aromatic carbocycles. The van der Waals surface area contributed by atoms with Crippen molar-refractivity contribution in [2.24, 2.45) is 0 Å². The monoisotopic (exact) mass is 386 g/mol. The lowest BCUT2D eigenvalue weighted by atomic mass is 10.0. The second kappa shape index (κ2) is 16.3. The minimum atomic E-state index is -1.11. The predicted molar refractivity (Wildman–Crippen MR) is 109 cm³/mol. The Kier molecular flexibility index (Phi) is 14.8. The van der Waals surface area contributed by atoms with E-state index in [-0.39, 0.29) is 13.2 Å². The quantitative estimate of drug-likeness (QED) is 0.275. The van der Waals surface area contributed by atoms with Crippen LogP contribution in [-0.2, 0) is 9.47 Å². The van der Waals surface area contributed by atoms with Crippen LogP contribution >= 0.6 is 0 Å². The van der Waals surface area contributed by atoms with E-state index in [0.717, 1.165) is 12.8 Å². The molecule has 1 rings (SSSR count). The Morgan fingerprint density at radius 2 is 1.41 bits per heavy atom. The zero-order valence-electron chi connectivity index (χ0n) is 17.2. The minimum absolute atomic E-state index is 0.173. The molecule has 0 aliphatic carbocycles. The molecule has 0 spiro atoms. The van der Waals surface area contributed by atoms with Crippen LogP contribution in [0.4, 0.5) is 0 Å². The Morgan fingerprint density at radius 3 is 1.96 bits per heavy atom. The van der Waals surface area contributed by atoms with Gasteiger partial charge >= 0.3 is 0 Å². The molecule has 1 aliphatic heterocycles. The van der Waals surface area contributed by atoms with Crippen molar-refractivity contribution < 1.29 is 24.8 Å². The van der Waals surface area contributed by atoms with Crippen molar-refractivity contribution in [2.45, 2.75) is 115 Å². The smallest absolute Gasteiger partial charge is 0.149 e. The molecular weight excluding hydrogens is 344 g/mol. The van der Waals surface area contributed by atoms with E-state index in [1.165, 1.54) is 70.6 Å². The highest BCUT2D eigenvalue weighted by molar-refractivity contribution is 4.89. The first-order valence-corrected chi connectivity index (χ1v) is 11.1. The summed E-state index contributed by atoms with van der Waals surface area (Å²) in [5.41, 5.74) is 0. The van der Waals surface area contributed by atoms with Gasteiger partial charge in [0.2, 0.25) is 0 Å². The van der Waals surface area contributed by atoms with E-state index in [2.05, 4.69) is 6.92 Å². The van der Waals surface area contributed by atoms with Gasteiger partial charge in [0.15, 0.2) is 0 Å². The highest BCUT2D eigenvalue weighted by Crippen LogP contribution is 2.18. The van der Waals surface area contributed by atoms with Gasteiger partial charge in [-0.1, -0.05) is 77.6 Å². The average Bonchev–Trinajstić information content (AvgIpc) is 2.68. The fourth-order valence-corrected chi connectivity index (χ4v) is 3.46. The maximum atomic E-state index is 9.95. The van der Waals surface area contributed by atoms with Crippen molar-refractivity contribution in [3.8, 4) is 0 Å². The number of allylic oxidation sites excluding steroid dienone is 1. The zero-order valence-corrected chi connectivity index (χ0v) is 17.2. The zero-order chi connectivity index (χ0) is 19.7. The molecule has 5 heteroatoms. The summed E-state index contributed by atoms with van der Waals surface area (Å²) in [7, 11) is 0. The van der Waals surface area contributed by atoms with E-state index in [4.69, 9.17) is 14.6 Å². The number of unbranched alkanes of at least 4 members (excludes halogenated alkanes) is 12. The molecule has 1 fully saturated rings. The summed E-state index contributed by atoms with van der Waals surface area (Å²) in [6, 6.07) is 0. The Balaban J connectivity index is 1.89. The normalized spacial score (nSPS) is 25.9. The largest absolute Gasteiger partial charge is 0.493 e. The molecule has 0 unspecified atom stereocenters. The summed E-state index contributed by atoms with van der Waals surface area (Å²) in [5.74, 6) is 0. The first kappa shape index (κ1) is 24.4. The van der Waals surface area contributed by atoms with Gasteiger partial charge in [0.1, 0.15) is 24.4 Å². The van der Waals surface area contributed by atoms with Gasteiger partial charge < -0.3 is 24.8 Å². The molecule has 1 heterocycles. The summed E-state index contributed by atoms with van der Waals surface area (Å²) in [5, 5.41) is 28.8. The van der Waals surface area contributed by atoms with Crippen LogP contribution in [0, 0.1) is 0 Å². The highest BCUT2D eigenvalue weighted by atomic mass is 16.6. The lowest BCUT2D eigenvalue weighted by Gasteiger charge is -2.36. The molecule has 0 bridgehead atoms. The molecule has 27 heavy (non-hydrogen) atoms. The fourth-order valence-electron chi connectivity index (χ4n) is 3.46. The third-order valence-electron chi connectivity index (χ3n) is 5.34. The number of hydrogen-bond donors (Lipinski definition) is 3. The predicted octanol–water partition coefficient (Wildman–Crippen LogP) is 4.09. The number of rotatable bonds is 16. The SMILES string of the molecule is CCCCCCCCCCCCCC/C=C/O[C@H]1CO[C@H](CO)[C@@H](O)[C@@H]1O. The van der Waals surface area contributed by atoms with Gasteiger partial charge in [-0.05, 0) is 18.9 Å². The van der Waals surface area contributed by atoms with Gasteiger partial charge in [-0.25, -0.2) is 0 Å². The molecule has 0 amide bonds. The van der Waals surface area contributed by atoms with Crippen LogP contribution in [0.15, 0.2) is 12.3 Å². The molecule has 0 radical (unpaired) electrons. The number of hydrogen-bond acceptors (Lipinski definition) is 5. The molecule has 4 atom stereocenters. The van der Waals surface area contributed by atoms with Crippen LogP contribution in [-0.4, -0.2) is 52.9 Å². The topological polar surface area (TPSA) is 79.2 Å². The first-order valence-electron chi connectivity index (χ1n) is 11.1. The van der Waals surface area contributed by atoms with Crippen molar-refractivity contribution in [3.63, 3.8) is 0 Å². The maximum absolute atomic E-state index is 9.95. The van der Waals surface area contributed by atoms with Crippen LogP contribution in [0.2, 0.25) is 0 Å². The first-order chi connectivity index (χ1) is 13.2. The third-order valence-corrected chi connectivity index (χ3v) is 5.34. The molecule has 0 aromatic rings. The molecule has 3 N–H and O–H groups in total. The summed E-state index contributed by atoms with van der Waals surface area (Å²) < 4.78 is 10.7. The molecule has 1 aliphatic rings. The van der Waals surface area contributed by atoms with E-state index in [1.807, 2.05) is 6.08 Å². The molecule has 1 saturated heterocycles. The van der Waals surface area contributed by atoms with Crippen LogP contribution in [0.25, 0.3) is 0 Å². The Hall–Kier alpha value is -0.620. The van der Waals surface area contributed by atoms with Crippen LogP contribution in [0.5, 0.6) is 0 Å². The lowest BCUT2D eigenvalue weighted by molar-refractivity contribution is -0.196. The van der Waals surface area contributed by atoms with Gasteiger partial charge in [-0.3, -0.25) is 0 Å². The summed E-state index contributed by atoms with van der Waals surface area (Å²) in [6.45, 7) is 2.13. The van der Waals surface area contributed by atoms with Gasteiger partial charge in [0, 0.05) is 0 Å². The summed E-state index contributed by atoms with van der Waals surface area (Å²) in [4.78, 5) is 0. The summed E-state index contributed by atoms with van der Waals surface area (Å²) >= 11 is 0. The fraction of sp³-hybridized carbons (Fsp3) is 0.909. The molecular formula is C22H42O5. The van der Waals surface area contributed by atoms with Crippen molar-refractivity contribution in [1.29, 1.82) is 0 Å². The van der Waals surface area contributed by atoms with Crippen molar-refractivity contribution in [2.75, 3.05) is 13.2 Å². The molecule has 0 saturated carbocycles. The Bertz CT molecular complexity index is 361. The van der Waals surface area contributed by atoms with Gasteiger partial charge in [0.25, 0.3) is 0 Å². The number of ether oxygens (including phenoxy) is 2. The average molecular weight is 387 g/mol. The molecule has 160 valence electrons. The van der Waals surface area contributed by atoms with Crippen LogP contribution < -0.4 is 0 Å². The minimum Gasteiger partial charge on any atom is -0.493 e. The second-order valence-corrected chi connectivity index (χ2v) is 7.76. The Labute approximate surface area is 165 Å². The number of aliphatic hydroxyl groups is 3. The van der Waals surface area contributed by atoms with Crippen LogP contribution in [0.1, 0.15) is 90.4 Å². The van der Waals surface area contributed by atoms with Crippen molar-refractivity contribution in [1.82, 2.24) is 0 Å². The standard InChI is InChI=1S/C22H42O5/c1-2-3-4-5-6-7-8-9-10-11-12-13-14-15-16-26-20-18-27-19(17-23)21(24)22(20)25/h15-16,19-25H,2-14,17-18H2,1H3/b16-15+/t19-,20+,21-,22-/m1/s1. The summed E-state index contributed by atoms with van der Waals surface area (Å²) in [6.07, 6.45) is 17.2. The van der Waals surface area contributed by atoms with Gasteiger partial charge in [0.05, 0.1) is 19.5 Å². The van der Waals surface area contributed by atoms with E-state index in [1.54, 1.807) is 6.26 Å². The van der Waals surface area contributed by atoms with Gasteiger partial charge in [-0.2, -0.15) is 0 Å². The van der Waals surface area contributed by atoms with E-state index in [0.29, 0.717) is 0 Å². The highest BCUT2D eigenvalue weighted by Gasteiger charge is 2.38. The number of aliphatic hydroxyl groups excluding tert-OH is 3. The van der Waals surface area contributed by atoms with E-state index < -0.39 is 24.4 Å². The Morgan fingerprint density at radius 1 is 0.852 bits per heavy atom. The maximum Gasteiger partial charge on any atom is 0.149 e. The van der Waals surface area contributed by atoms with E-state index >= 15 is 0 Å². The van der Waals surface area contributed by atoms with E-state index in [9.17, 15) is 10.2 Å². The second-order valence-electron chi connectivity index (χ2n) is 7.76. The van der Waals surface area contributed by atoms with Crippen molar-refractivity contribution >= 4 is 0 Å². The molecule has 0 aromatic heterocycles. The van der Waals surface area contributed by atoms with Crippen molar-refractivity contribution in [3.05, 3.63) is 12.3 Å². The third kappa shape index (κ3) is 11.1. The lowest BCUT2D eigenvalue weighted by Crippen LogP contribution is -2.54. The van der Waals surface area contributed by atoms with Gasteiger partial charge in [-0.15, -0.1) is 0 Å². The van der Waals surface area contributed by atoms with Crippen LogP contribution in [0.3, 0.4) is 0 Å². The molecule has 5 nitrogen and oxygen atoms in total.